The molecule has 1 saturated heterocycles. The lowest BCUT2D eigenvalue weighted by Gasteiger charge is -2.30. The number of thioether (sulfide) groups is 1. The van der Waals surface area contributed by atoms with E-state index in [4.69, 9.17) is 0 Å². The Kier molecular flexibility index (Phi) is 5.77. The van der Waals surface area contributed by atoms with Crippen molar-refractivity contribution in [3.05, 3.63) is 65.9 Å². The number of carbonyl (C=O) groups excluding carboxylic acids is 1. The number of hydrogen-bond acceptors (Lipinski definition) is 2. The molecule has 0 aliphatic carbocycles. The zero-order valence-corrected chi connectivity index (χ0v) is 17.5. The molecule has 0 atom stereocenters. The van der Waals surface area contributed by atoms with Crippen molar-refractivity contribution in [2.75, 3.05) is 13.1 Å². The Morgan fingerprint density at radius 2 is 1.89 bits per heavy atom. The molecule has 4 rings (SSSR count). The number of nitrogens with zero attached hydrogens (tertiary/aromatic N) is 2. The van der Waals surface area contributed by atoms with Gasteiger partial charge in [-0.25, -0.2) is 0 Å². The highest BCUT2D eigenvalue weighted by Crippen LogP contribution is 2.32. The van der Waals surface area contributed by atoms with Gasteiger partial charge >= 0.3 is 0 Å². The number of rotatable bonds is 5. The summed E-state index contributed by atoms with van der Waals surface area (Å²) in [6.45, 7) is 6.63. The van der Waals surface area contributed by atoms with E-state index >= 15 is 0 Å². The number of para-hydroxylation sites is 1. The summed E-state index contributed by atoms with van der Waals surface area (Å²) >= 11 is 1.85. The van der Waals surface area contributed by atoms with E-state index in [1.54, 1.807) is 0 Å². The summed E-state index contributed by atoms with van der Waals surface area (Å²) in [5.74, 6) is 1.91. The molecule has 0 spiro atoms. The summed E-state index contributed by atoms with van der Waals surface area (Å²) in [5, 5.41) is 1.24. The SMILES string of the molecule is Cc1cccc(CSc2cn(CC(=O)N3CCC(C)CC3)c3ccccc23)c1. The first-order chi connectivity index (χ1) is 13.6. The van der Waals surface area contributed by atoms with E-state index in [9.17, 15) is 4.79 Å². The van der Waals surface area contributed by atoms with Crippen molar-refractivity contribution in [1.29, 1.82) is 0 Å². The predicted molar refractivity (Wildman–Crippen MR) is 118 cm³/mol. The number of benzene rings is 2. The molecule has 3 nitrogen and oxygen atoms in total. The van der Waals surface area contributed by atoms with Crippen LogP contribution in [-0.4, -0.2) is 28.5 Å². The monoisotopic (exact) mass is 392 g/mol. The fraction of sp³-hybridized carbons (Fsp3) is 0.375. The zero-order valence-electron chi connectivity index (χ0n) is 16.7. The molecule has 2 aromatic carbocycles. The van der Waals surface area contributed by atoms with Crippen LogP contribution in [-0.2, 0) is 17.1 Å². The Balaban J connectivity index is 1.52. The molecule has 146 valence electrons. The molecular weight excluding hydrogens is 364 g/mol. The summed E-state index contributed by atoms with van der Waals surface area (Å²) in [7, 11) is 0. The van der Waals surface area contributed by atoms with E-state index in [-0.39, 0.29) is 5.91 Å². The van der Waals surface area contributed by atoms with Crippen molar-refractivity contribution in [3.63, 3.8) is 0 Å². The topological polar surface area (TPSA) is 25.2 Å². The van der Waals surface area contributed by atoms with Crippen LogP contribution in [0.5, 0.6) is 0 Å². The first kappa shape index (κ1) is 19.1. The van der Waals surface area contributed by atoms with Crippen LogP contribution in [0.25, 0.3) is 10.9 Å². The van der Waals surface area contributed by atoms with Gasteiger partial charge in [0, 0.05) is 40.8 Å². The van der Waals surface area contributed by atoms with Crippen molar-refractivity contribution in [2.45, 2.75) is 43.9 Å². The lowest BCUT2D eigenvalue weighted by atomic mass is 9.99. The Morgan fingerprint density at radius 3 is 2.68 bits per heavy atom. The standard InChI is InChI=1S/C24H28N2OS/c1-18-10-12-25(13-11-18)24(27)16-26-15-23(21-8-3-4-9-22(21)26)28-17-20-7-5-6-19(2)14-20/h3-9,14-15,18H,10-13,16-17H2,1-2H3. The van der Waals surface area contributed by atoms with Gasteiger partial charge in [0.15, 0.2) is 0 Å². The molecule has 1 aliphatic heterocycles. The van der Waals surface area contributed by atoms with Crippen LogP contribution in [0.15, 0.2) is 59.6 Å². The highest BCUT2D eigenvalue weighted by atomic mass is 32.2. The minimum absolute atomic E-state index is 0.239. The lowest BCUT2D eigenvalue weighted by Crippen LogP contribution is -2.39. The number of carbonyl (C=O) groups is 1. The minimum atomic E-state index is 0.239. The maximum absolute atomic E-state index is 12.8. The molecule has 0 N–H and O–H groups in total. The first-order valence-corrected chi connectivity index (χ1v) is 11.1. The Labute approximate surface area is 171 Å². The van der Waals surface area contributed by atoms with Gasteiger partial charge in [-0.1, -0.05) is 55.0 Å². The molecule has 4 heteroatoms. The van der Waals surface area contributed by atoms with E-state index in [0.29, 0.717) is 6.54 Å². The van der Waals surface area contributed by atoms with Gasteiger partial charge in [-0.2, -0.15) is 0 Å². The lowest BCUT2D eigenvalue weighted by molar-refractivity contribution is -0.133. The average Bonchev–Trinajstić information content (AvgIpc) is 3.05. The third kappa shape index (κ3) is 4.27. The second kappa shape index (κ2) is 8.44. The minimum Gasteiger partial charge on any atom is -0.341 e. The molecule has 3 aromatic rings. The maximum Gasteiger partial charge on any atom is 0.242 e. The number of amides is 1. The van der Waals surface area contributed by atoms with Gasteiger partial charge in [0.25, 0.3) is 0 Å². The van der Waals surface area contributed by atoms with E-state index < -0.39 is 0 Å². The number of aromatic nitrogens is 1. The quantitative estimate of drug-likeness (QED) is 0.536. The Morgan fingerprint density at radius 1 is 1.11 bits per heavy atom. The van der Waals surface area contributed by atoms with Crippen LogP contribution < -0.4 is 0 Å². The van der Waals surface area contributed by atoms with Crippen LogP contribution in [0.3, 0.4) is 0 Å². The van der Waals surface area contributed by atoms with E-state index in [1.807, 2.05) is 16.7 Å². The average molecular weight is 393 g/mol. The number of aryl methyl sites for hydroxylation is 1. The predicted octanol–water partition coefficient (Wildman–Crippen LogP) is 5.50. The van der Waals surface area contributed by atoms with Crippen LogP contribution in [0.1, 0.15) is 30.9 Å². The van der Waals surface area contributed by atoms with Gasteiger partial charge in [-0.15, -0.1) is 11.8 Å². The summed E-state index contributed by atoms with van der Waals surface area (Å²) in [5.41, 5.74) is 3.77. The zero-order chi connectivity index (χ0) is 19.5. The van der Waals surface area contributed by atoms with Crippen molar-refractivity contribution in [1.82, 2.24) is 9.47 Å². The second-order valence-electron chi connectivity index (χ2n) is 7.98. The molecule has 28 heavy (non-hydrogen) atoms. The fourth-order valence-electron chi connectivity index (χ4n) is 3.93. The summed E-state index contributed by atoms with van der Waals surface area (Å²) in [4.78, 5) is 16.1. The van der Waals surface area contributed by atoms with Gasteiger partial charge in [0.2, 0.25) is 5.91 Å². The third-order valence-corrected chi connectivity index (χ3v) is 6.78. The van der Waals surface area contributed by atoms with Crippen LogP contribution >= 0.6 is 11.8 Å². The third-order valence-electron chi connectivity index (χ3n) is 5.67. The van der Waals surface area contributed by atoms with E-state index in [2.05, 4.69) is 73.1 Å². The van der Waals surface area contributed by atoms with E-state index in [1.165, 1.54) is 21.4 Å². The number of fused-ring (bicyclic) bond motifs is 1. The van der Waals surface area contributed by atoms with Crippen LogP contribution in [0.2, 0.25) is 0 Å². The second-order valence-corrected chi connectivity index (χ2v) is 9.00. The van der Waals surface area contributed by atoms with Gasteiger partial charge < -0.3 is 9.47 Å². The highest BCUT2D eigenvalue weighted by molar-refractivity contribution is 7.98. The molecule has 0 unspecified atom stereocenters. The molecular formula is C24H28N2OS. The van der Waals surface area contributed by atoms with Gasteiger partial charge in [-0.3, -0.25) is 4.79 Å². The summed E-state index contributed by atoms with van der Waals surface area (Å²) in [6, 6.07) is 17.1. The number of hydrogen-bond donors (Lipinski definition) is 0. The molecule has 1 fully saturated rings. The summed E-state index contributed by atoms with van der Waals surface area (Å²) in [6.07, 6.45) is 4.40. The van der Waals surface area contributed by atoms with Gasteiger partial charge in [0.1, 0.15) is 6.54 Å². The first-order valence-electron chi connectivity index (χ1n) is 10.1. The molecule has 2 heterocycles. The van der Waals surface area contributed by atoms with Crippen molar-refractivity contribution in [2.24, 2.45) is 5.92 Å². The summed E-state index contributed by atoms with van der Waals surface area (Å²) < 4.78 is 2.13. The number of likely N-dealkylation sites (tertiary alicyclic amines) is 1. The molecule has 1 amide bonds. The van der Waals surface area contributed by atoms with Gasteiger partial charge in [0.05, 0.1) is 0 Å². The number of piperidine rings is 1. The normalized spacial score (nSPS) is 15.3. The molecule has 0 saturated carbocycles. The molecule has 0 radical (unpaired) electrons. The van der Waals surface area contributed by atoms with Gasteiger partial charge in [-0.05, 0) is 37.3 Å². The molecule has 1 aromatic heterocycles. The highest BCUT2D eigenvalue weighted by Gasteiger charge is 2.21. The molecule has 1 aliphatic rings. The Bertz CT molecular complexity index is 970. The van der Waals surface area contributed by atoms with Crippen LogP contribution in [0, 0.1) is 12.8 Å². The van der Waals surface area contributed by atoms with Crippen LogP contribution in [0.4, 0.5) is 0 Å². The van der Waals surface area contributed by atoms with Crippen molar-refractivity contribution in [3.8, 4) is 0 Å². The van der Waals surface area contributed by atoms with E-state index in [0.717, 1.165) is 43.1 Å². The Hall–Kier alpha value is -2.20. The largest absolute Gasteiger partial charge is 0.341 e. The fourth-order valence-corrected chi connectivity index (χ4v) is 4.96. The van der Waals surface area contributed by atoms with Crippen molar-refractivity contribution < 1.29 is 4.79 Å². The van der Waals surface area contributed by atoms with Crippen molar-refractivity contribution >= 4 is 28.6 Å². The smallest absolute Gasteiger partial charge is 0.242 e. The maximum atomic E-state index is 12.8. The molecule has 0 bridgehead atoms.